The van der Waals surface area contributed by atoms with Crippen LogP contribution in [0.15, 0.2) is 36.9 Å². The molecule has 0 aliphatic rings. The predicted octanol–water partition coefficient (Wildman–Crippen LogP) is 3.18. The second-order valence-corrected chi connectivity index (χ2v) is 3.20. The molecule has 0 amide bonds. The van der Waals surface area contributed by atoms with Gasteiger partial charge in [-0.05, 0) is 18.4 Å². The van der Waals surface area contributed by atoms with E-state index in [4.69, 9.17) is 0 Å². The molecule has 0 spiro atoms. The standard InChI is InChI=1S/C12H14O/c1-4-9(2)11-5-7-12(8-6-11)10(3)13/h4-9H,1H2,2-3H3/t9-/m0/s1. The molecule has 0 radical (unpaired) electrons. The van der Waals surface area contributed by atoms with Gasteiger partial charge >= 0.3 is 0 Å². The van der Waals surface area contributed by atoms with Crippen molar-refractivity contribution in [3.05, 3.63) is 48.0 Å². The summed E-state index contributed by atoms with van der Waals surface area (Å²) in [4.78, 5) is 11.0. The van der Waals surface area contributed by atoms with Crippen LogP contribution in [0, 0.1) is 0 Å². The van der Waals surface area contributed by atoms with Gasteiger partial charge in [0.05, 0.1) is 0 Å². The molecule has 0 N–H and O–H groups in total. The summed E-state index contributed by atoms with van der Waals surface area (Å²) in [5.74, 6) is 0.457. The fourth-order valence-electron chi connectivity index (χ4n) is 1.16. The Morgan fingerprint density at radius 2 is 1.92 bits per heavy atom. The third-order valence-electron chi connectivity index (χ3n) is 2.20. The minimum absolute atomic E-state index is 0.109. The molecule has 1 heteroatoms. The molecule has 0 fully saturated rings. The summed E-state index contributed by atoms with van der Waals surface area (Å²) < 4.78 is 0. The molecule has 0 saturated heterocycles. The lowest BCUT2D eigenvalue weighted by Gasteiger charge is -2.05. The Bertz CT molecular complexity index is 308. The van der Waals surface area contributed by atoms with E-state index in [-0.39, 0.29) is 5.78 Å². The van der Waals surface area contributed by atoms with Gasteiger partial charge in [-0.2, -0.15) is 0 Å². The maximum absolute atomic E-state index is 11.0. The molecule has 0 aromatic heterocycles. The Balaban J connectivity index is 2.93. The fraction of sp³-hybridized carbons (Fsp3) is 0.250. The van der Waals surface area contributed by atoms with E-state index in [2.05, 4.69) is 13.5 Å². The lowest BCUT2D eigenvalue weighted by Crippen LogP contribution is -1.93. The van der Waals surface area contributed by atoms with Gasteiger partial charge in [-0.3, -0.25) is 4.79 Å². The quantitative estimate of drug-likeness (QED) is 0.508. The molecule has 0 unspecified atom stereocenters. The maximum atomic E-state index is 11.0. The summed E-state index contributed by atoms with van der Waals surface area (Å²) in [6.45, 7) is 7.38. The van der Waals surface area contributed by atoms with Crippen LogP contribution in [0.5, 0.6) is 0 Å². The molecule has 1 aromatic carbocycles. The van der Waals surface area contributed by atoms with Crippen LogP contribution >= 0.6 is 0 Å². The van der Waals surface area contributed by atoms with Crippen LogP contribution in [-0.2, 0) is 0 Å². The Morgan fingerprint density at radius 3 is 2.31 bits per heavy atom. The molecule has 13 heavy (non-hydrogen) atoms. The summed E-state index contributed by atoms with van der Waals surface area (Å²) >= 11 is 0. The highest BCUT2D eigenvalue weighted by atomic mass is 16.1. The van der Waals surface area contributed by atoms with Gasteiger partial charge in [0.1, 0.15) is 0 Å². The molecule has 1 aromatic rings. The van der Waals surface area contributed by atoms with Crippen LogP contribution < -0.4 is 0 Å². The lowest BCUT2D eigenvalue weighted by atomic mass is 9.99. The predicted molar refractivity (Wildman–Crippen MR) is 55.1 cm³/mol. The first kappa shape index (κ1) is 9.72. The topological polar surface area (TPSA) is 17.1 Å². The first-order valence-electron chi connectivity index (χ1n) is 4.38. The molecular weight excluding hydrogens is 160 g/mol. The van der Waals surface area contributed by atoms with E-state index in [1.54, 1.807) is 6.92 Å². The summed E-state index contributed by atoms with van der Waals surface area (Å²) in [7, 11) is 0. The summed E-state index contributed by atoms with van der Waals surface area (Å²) in [5, 5.41) is 0. The highest BCUT2D eigenvalue weighted by Crippen LogP contribution is 2.16. The van der Waals surface area contributed by atoms with Crippen LogP contribution in [0.25, 0.3) is 0 Å². The van der Waals surface area contributed by atoms with Crippen molar-refractivity contribution >= 4 is 5.78 Å². The summed E-state index contributed by atoms with van der Waals surface area (Å²) in [6.07, 6.45) is 1.89. The highest BCUT2D eigenvalue weighted by Gasteiger charge is 2.02. The van der Waals surface area contributed by atoms with Gasteiger partial charge in [-0.25, -0.2) is 0 Å². The zero-order valence-electron chi connectivity index (χ0n) is 8.08. The van der Waals surface area contributed by atoms with Gasteiger partial charge in [-0.1, -0.05) is 37.3 Å². The molecule has 1 rings (SSSR count). The SMILES string of the molecule is C=C[C@H](C)c1ccc(C(C)=O)cc1. The number of benzene rings is 1. The zero-order chi connectivity index (χ0) is 9.84. The van der Waals surface area contributed by atoms with Crippen molar-refractivity contribution in [2.24, 2.45) is 0 Å². The summed E-state index contributed by atoms with van der Waals surface area (Å²) in [6, 6.07) is 7.67. The fourth-order valence-corrected chi connectivity index (χ4v) is 1.16. The highest BCUT2D eigenvalue weighted by molar-refractivity contribution is 5.94. The van der Waals surface area contributed by atoms with E-state index < -0.39 is 0 Å². The van der Waals surface area contributed by atoms with E-state index in [1.807, 2.05) is 30.3 Å². The van der Waals surface area contributed by atoms with Gasteiger partial charge in [0.15, 0.2) is 5.78 Å². The minimum Gasteiger partial charge on any atom is -0.295 e. The monoisotopic (exact) mass is 174 g/mol. The number of rotatable bonds is 3. The van der Waals surface area contributed by atoms with E-state index in [0.717, 1.165) is 5.56 Å². The van der Waals surface area contributed by atoms with Crippen molar-refractivity contribution in [1.29, 1.82) is 0 Å². The minimum atomic E-state index is 0.109. The third kappa shape index (κ3) is 2.28. The molecule has 0 bridgehead atoms. The molecule has 0 heterocycles. The van der Waals surface area contributed by atoms with Gasteiger partial charge in [-0.15, -0.1) is 6.58 Å². The second-order valence-electron chi connectivity index (χ2n) is 3.20. The van der Waals surface area contributed by atoms with E-state index in [1.165, 1.54) is 5.56 Å². The number of hydrogen-bond donors (Lipinski definition) is 0. The Labute approximate surface area is 79.1 Å². The number of ketones is 1. The van der Waals surface area contributed by atoms with Crippen LogP contribution in [0.1, 0.15) is 35.7 Å². The Kier molecular flexibility index (Phi) is 3.02. The molecule has 0 aliphatic carbocycles. The zero-order valence-corrected chi connectivity index (χ0v) is 8.08. The first-order valence-corrected chi connectivity index (χ1v) is 4.38. The van der Waals surface area contributed by atoms with Crippen LogP contribution in [0.4, 0.5) is 0 Å². The van der Waals surface area contributed by atoms with Crippen molar-refractivity contribution in [2.75, 3.05) is 0 Å². The van der Waals surface area contributed by atoms with Crippen LogP contribution in [-0.4, -0.2) is 5.78 Å². The van der Waals surface area contributed by atoms with Gasteiger partial charge in [0, 0.05) is 5.56 Å². The number of Topliss-reactive ketones (excluding diaryl/α,β-unsaturated/α-hetero) is 1. The van der Waals surface area contributed by atoms with Gasteiger partial charge < -0.3 is 0 Å². The molecule has 0 aliphatic heterocycles. The van der Waals surface area contributed by atoms with Gasteiger partial charge in [0.25, 0.3) is 0 Å². The number of carbonyl (C=O) groups excluding carboxylic acids is 1. The second kappa shape index (κ2) is 4.04. The third-order valence-corrected chi connectivity index (χ3v) is 2.20. The van der Waals surface area contributed by atoms with E-state index in [0.29, 0.717) is 5.92 Å². The average molecular weight is 174 g/mol. The number of carbonyl (C=O) groups is 1. The number of allylic oxidation sites excluding steroid dienone is 1. The number of hydrogen-bond acceptors (Lipinski definition) is 1. The normalized spacial score (nSPS) is 12.2. The molecular formula is C12H14O. The van der Waals surface area contributed by atoms with Crippen molar-refractivity contribution in [2.45, 2.75) is 19.8 Å². The smallest absolute Gasteiger partial charge is 0.159 e. The lowest BCUT2D eigenvalue weighted by molar-refractivity contribution is 0.101. The largest absolute Gasteiger partial charge is 0.295 e. The van der Waals surface area contributed by atoms with Gasteiger partial charge in [0.2, 0.25) is 0 Å². The first-order chi connectivity index (χ1) is 6.15. The van der Waals surface area contributed by atoms with Crippen LogP contribution in [0.2, 0.25) is 0 Å². The molecule has 1 atom stereocenters. The van der Waals surface area contributed by atoms with Crippen molar-refractivity contribution in [3.8, 4) is 0 Å². The maximum Gasteiger partial charge on any atom is 0.159 e. The molecule has 1 nitrogen and oxygen atoms in total. The van der Waals surface area contributed by atoms with E-state index >= 15 is 0 Å². The van der Waals surface area contributed by atoms with E-state index in [9.17, 15) is 4.79 Å². The van der Waals surface area contributed by atoms with Crippen molar-refractivity contribution in [3.63, 3.8) is 0 Å². The van der Waals surface area contributed by atoms with Crippen LogP contribution in [0.3, 0.4) is 0 Å². The average Bonchev–Trinajstić information content (AvgIpc) is 2.17. The molecule has 0 saturated carbocycles. The Hall–Kier alpha value is -1.37. The molecule has 68 valence electrons. The summed E-state index contributed by atoms with van der Waals surface area (Å²) in [5.41, 5.74) is 1.96. The van der Waals surface area contributed by atoms with Crippen molar-refractivity contribution < 1.29 is 4.79 Å². The van der Waals surface area contributed by atoms with Crippen molar-refractivity contribution in [1.82, 2.24) is 0 Å². The Morgan fingerprint density at radius 1 is 1.38 bits per heavy atom.